The number of amides is 3. The lowest BCUT2D eigenvalue weighted by molar-refractivity contribution is -0.0404. The zero-order chi connectivity index (χ0) is 19.4. The molecule has 2 saturated heterocycles. The summed E-state index contributed by atoms with van der Waals surface area (Å²) >= 11 is 11.9. The zero-order valence-electron chi connectivity index (χ0n) is 14.7. The molecular formula is C17H22Cl2N4O4. The first-order valence-electron chi connectivity index (χ1n) is 8.75. The summed E-state index contributed by atoms with van der Waals surface area (Å²) in [7, 11) is 0. The average Bonchev–Trinajstić information content (AvgIpc) is 2.65. The van der Waals surface area contributed by atoms with Gasteiger partial charge in [0, 0.05) is 45.0 Å². The molecular weight excluding hydrogens is 395 g/mol. The third-order valence-corrected chi connectivity index (χ3v) is 5.44. The Kier molecular flexibility index (Phi) is 6.64. The first-order chi connectivity index (χ1) is 12.9. The highest BCUT2D eigenvalue weighted by Gasteiger charge is 2.28. The summed E-state index contributed by atoms with van der Waals surface area (Å²) in [5, 5.41) is 12.8. The summed E-state index contributed by atoms with van der Waals surface area (Å²) < 4.78 is 5.67. The highest BCUT2D eigenvalue weighted by atomic mass is 35.5. The van der Waals surface area contributed by atoms with Crippen LogP contribution in [0, 0.1) is 0 Å². The second-order valence-corrected chi connectivity index (χ2v) is 7.38. The Morgan fingerprint density at radius 2 is 1.85 bits per heavy atom. The van der Waals surface area contributed by atoms with Crippen molar-refractivity contribution in [2.45, 2.75) is 6.10 Å². The third kappa shape index (κ3) is 5.38. The van der Waals surface area contributed by atoms with Crippen molar-refractivity contribution in [3.8, 4) is 0 Å². The smallest absolute Gasteiger partial charge is 0.407 e. The number of anilines is 1. The molecule has 10 heteroatoms. The van der Waals surface area contributed by atoms with Gasteiger partial charge in [0.2, 0.25) is 0 Å². The maximum atomic E-state index is 12.4. The molecule has 0 aliphatic carbocycles. The molecule has 27 heavy (non-hydrogen) atoms. The zero-order valence-corrected chi connectivity index (χ0v) is 16.2. The lowest BCUT2D eigenvalue weighted by Gasteiger charge is -2.38. The molecule has 0 radical (unpaired) electrons. The quantitative estimate of drug-likeness (QED) is 0.790. The Bertz CT molecular complexity index is 698. The number of halogens is 2. The molecule has 3 amide bonds. The second-order valence-electron chi connectivity index (χ2n) is 6.57. The summed E-state index contributed by atoms with van der Waals surface area (Å²) in [6.07, 6.45) is -1.04. The Hall–Kier alpha value is -1.74. The number of urea groups is 1. The van der Waals surface area contributed by atoms with Gasteiger partial charge in [0.05, 0.1) is 29.3 Å². The van der Waals surface area contributed by atoms with Crippen LogP contribution in [-0.2, 0) is 4.74 Å². The van der Waals surface area contributed by atoms with Crippen molar-refractivity contribution in [2.24, 2.45) is 0 Å². The van der Waals surface area contributed by atoms with Crippen molar-refractivity contribution >= 4 is 41.0 Å². The number of rotatable bonds is 3. The largest absolute Gasteiger partial charge is 0.465 e. The molecule has 0 unspecified atom stereocenters. The van der Waals surface area contributed by atoms with Gasteiger partial charge in [-0.3, -0.25) is 4.90 Å². The van der Waals surface area contributed by atoms with Crippen LogP contribution in [0.25, 0.3) is 0 Å². The molecule has 0 bridgehead atoms. The summed E-state index contributed by atoms with van der Waals surface area (Å²) in [6.45, 7) is 4.46. The molecule has 0 saturated carbocycles. The van der Waals surface area contributed by atoms with Gasteiger partial charge < -0.3 is 25.0 Å². The number of hydrogen-bond acceptors (Lipinski definition) is 4. The number of ether oxygens (including phenoxy) is 1. The van der Waals surface area contributed by atoms with Crippen molar-refractivity contribution in [3.05, 3.63) is 28.2 Å². The number of piperazine rings is 1. The molecule has 3 rings (SSSR count). The number of hydrogen-bond donors (Lipinski definition) is 2. The van der Waals surface area contributed by atoms with E-state index in [1.165, 1.54) is 4.90 Å². The van der Waals surface area contributed by atoms with E-state index in [-0.39, 0.29) is 12.1 Å². The van der Waals surface area contributed by atoms with E-state index in [1.54, 1.807) is 23.1 Å². The molecule has 0 spiro atoms. The van der Waals surface area contributed by atoms with Crippen LogP contribution in [0.3, 0.4) is 0 Å². The normalized spacial score (nSPS) is 21.2. The Morgan fingerprint density at radius 3 is 2.52 bits per heavy atom. The molecule has 8 nitrogen and oxygen atoms in total. The van der Waals surface area contributed by atoms with E-state index >= 15 is 0 Å². The van der Waals surface area contributed by atoms with E-state index in [0.29, 0.717) is 68.2 Å². The summed E-state index contributed by atoms with van der Waals surface area (Å²) in [5.41, 5.74) is 0.598. The number of morpholine rings is 1. The third-order valence-electron chi connectivity index (χ3n) is 4.70. The van der Waals surface area contributed by atoms with Gasteiger partial charge in [0.25, 0.3) is 0 Å². The second kappa shape index (κ2) is 8.97. The van der Waals surface area contributed by atoms with Crippen LogP contribution in [0.1, 0.15) is 0 Å². The fourth-order valence-electron chi connectivity index (χ4n) is 3.20. The molecule has 2 aliphatic rings. The van der Waals surface area contributed by atoms with Crippen molar-refractivity contribution in [2.75, 3.05) is 57.7 Å². The molecule has 0 aromatic heterocycles. The molecule has 1 aromatic carbocycles. The number of carbonyl (C=O) groups is 2. The first kappa shape index (κ1) is 20.0. The van der Waals surface area contributed by atoms with Crippen LogP contribution in [0.2, 0.25) is 10.0 Å². The molecule has 2 fully saturated rings. The molecule has 1 atom stereocenters. The fraction of sp³-hybridized carbons (Fsp3) is 0.529. The number of nitrogens with one attached hydrogen (secondary N) is 1. The predicted octanol–water partition coefficient (Wildman–Crippen LogP) is 2.52. The minimum Gasteiger partial charge on any atom is -0.465 e. The van der Waals surface area contributed by atoms with Crippen molar-refractivity contribution in [1.29, 1.82) is 0 Å². The van der Waals surface area contributed by atoms with Gasteiger partial charge in [0.15, 0.2) is 0 Å². The van der Waals surface area contributed by atoms with Gasteiger partial charge in [-0.25, -0.2) is 9.59 Å². The maximum Gasteiger partial charge on any atom is 0.407 e. The first-order valence-corrected chi connectivity index (χ1v) is 9.51. The lowest BCUT2D eigenvalue weighted by atomic mass is 10.2. The molecule has 2 aliphatic heterocycles. The number of nitrogens with zero attached hydrogens (tertiary/aromatic N) is 3. The lowest BCUT2D eigenvalue weighted by Crippen LogP contribution is -2.54. The highest BCUT2D eigenvalue weighted by Crippen LogP contribution is 2.25. The Morgan fingerprint density at radius 1 is 1.11 bits per heavy atom. The van der Waals surface area contributed by atoms with E-state index in [9.17, 15) is 9.59 Å². The molecule has 148 valence electrons. The molecule has 2 N–H and O–H groups in total. The van der Waals surface area contributed by atoms with E-state index in [4.69, 9.17) is 33.0 Å². The van der Waals surface area contributed by atoms with Crippen LogP contribution >= 0.6 is 23.2 Å². The SMILES string of the molecule is O=C(O)N1CCO[C@@H](CN2CCN(C(=O)Nc3ccc(Cl)c(Cl)c3)CC2)C1. The number of carbonyl (C=O) groups excluding carboxylic acids is 1. The Labute approximate surface area is 167 Å². The summed E-state index contributed by atoms with van der Waals surface area (Å²) in [5.74, 6) is 0. The van der Waals surface area contributed by atoms with Gasteiger partial charge in [-0.1, -0.05) is 23.2 Å². The predicted molar refractivity (Wildman–Crippen MR) is 103 cm³/mol. The molecule has 1 aromatic rings. The van der Waals surface area contributed by atoms with Crippen molar-refractivity contribution in [1.82, 2.24) is 14.7 Å². The van der Waals surface area contributed by atoms with Gasteiger partial charge >= 0.3 is 12.1 Å². The van der Waals surface area contributed by atoms with Gasteiger partial charge in [-0.2, -0.15) is 0 Å². The van der Waals surface area contributed by atoms with Gasteiger partial charge in [-0.05, 0) is 18.2 Å². The van der Waals surface area contributed by atoms with E-state index < -0.39 is 6.09 Å². The van der Waals surface area contributed by atoms with E-state index in [0.717, 1.165) is 0 Å². The van der Waals surface area contributed by atoms with Crippen LogP contribution in [0.15, 0.2) is 18.2 Å². The van der Waals surface area contributed by atoms with Crippen molar-refractivity contribution < 1.29 is 19.4 Å². The Balaban J connectivity index is 1.45. The molecule has 2 heterocycles. The van der Waals surface area contributed by atoms with Gasteiger partial charge in [-0.15, -0.1) is 0 Å². The van der Waals surface area contributed by atoms with Crippen LogP contribution in [-0.4, -0.2) is 90.5 Å². The van der Waals surface area contributed by atoms with E-state index in [1.807, 2.05) is 0 Å². The minimum atomic E-state index is -0.910. The van der Waals surface area contributed by atoms with Crippen LogP contribution in [0.5, 0.6) is 0 Å². The maximum absolute atomic E-state index is 12.4. The standard InChI is InChI=1S/C17H22Cl2N4O4/c18-14-2-1-12(9-15(14)19)20-16(24)22-5-3-21(4-6-22)10-13-11-23(17(25)26)7-8-27-13/h1-2,9,13H,3-8,10-11H2,(H,20,24)(H,25,26)/t13-/m0/s1. The van der Waals surface area contributed by atoms with Gasteiger partial charge in [0.1, 0.15) is 0 Å². The minimum absolute atomic E-state index is 0.133. The van der Waals surface area contributed by atoms with Crippen LogP contribution in [0.4, 0.5) is 15.3 Å². The van der Waals surface area contributed by atoms with E-state index in [2.05, 4.69) is 10.2 Å². The highest BCUT2D eigenvalue weighted by molar-refractivity contribution is 6.42. The average molecular weight is 417 g/mol. The fourth-order valence-corrected chi connectivity index (χ4v) is 3.50. The van der Waals surface area contributed by atoms with Crippen LogP contribution < -0.4 is 5.32 Å². The van der Waals surface area contributed by atoms with Crippen molar-refractivity contribution in [3.63, 3.8) is 0 Å². The summed E-state index contributed by atoms with van der Waals surface area (Å²) in [4.78, 5) is 28.8. The number of benzene rings is 1. The summed E-state index contributed by atoms with van der Waals surface area (Å²) in [6, 6.07) is 4.78. The monoisotopic (exact) mass is 416 g/mol. The topological polar surface area (TPSA) is 85.3 Å². The number of carboxylic acid groups (broad SMARTS) is 1.